The minimum atomic E-state index is 0.0689. The Labute approximate surface area is 132 Å². The molecule has 2 unspecified atom stereocenters. The van der Waals surface area contributed by atoms with Gasteiger partial charge in [0.2, 0.25) is 0 Å². The zero-order valence-corrected chi connectivity index (χ0v) is 14.7. The first kappa shape index (κ1) is 15.5. The molecule has 2 aliphatic carbocycles. The third-order valence-electron chi connectivity index (χ3n) is 6.11. The Kier molecular flexibility index (Phi) is 5.38. The first-order valence-electron chi connectivity index (χ1n) is 9.04. The van der Waals surface area contributed by atoms with Crippen LogP contribution in [0.15, 0.2) is 30.3 Å². The summed E-state index contributed by atoms with van der Waals surface area (Å²) in [5.74, 6) is 3.96. The van der Waals surface area contributed by atoms with Crippen LogP contribution in [0.4, 0.5) is 0 Å². The fraction of sp³-hybridized carbons (Fsp3) is 0.700. The summed E-state index contributed by atoms with van der Waals surface area (Å²) in [6.45, 7) is 4.99. The highest BCUT2D eigenvalue weighted by Gasteiger charge is 2.30. The van der Waals surface area contributed by atoms with Crippen LogP contribution < -0.4 is 5.30 Å². The van der Waals surface area contributed by atoms with Gasteiger partial charge in [-0.25, -0.2) is 0 Å². The van der Waals surface area contributed by atoms with Crippen LogP contribution in [0.1, 0.15) is 52.4 Å². The summed E-state index contributed by atoms with van der Waals surface area (Å²) in [5.41, 5.74) is 0. The van der Waals surface area contributed by atoms with Crippen LogP contribution in [0.5, 0.6) is 0 Å². The predicted molar refractivity (Wildman–Crippen MR) is 95.7 cm³/mol. The molecule has 0 aliphatic heterocycles. The topological polar surface area (TPSA) is 0 Å². The summed E-state index contributed by atoms with van der Waals surface area (Å²) in [6.07, 6.45) is 11.9. The van der Waals surface area contributed by atoms with Gasteiger partial charge in [0.1, 0.15) is 0 Å². The van der Waals surface area contributed by atoms with Crippen molar-refractivity contribution < 1.29 is 0 Å². The smallest absolute Gasteiger partial charge is 0.0240 e. The van der Waals surface area contributed by atoms with E-state index in [1.54, 1.807) is 5.30 Å². The summed E-state index contributed by atoms with van der Waals surface area (Å²) < 4.78 is 0. The van der Waals surface area contributed by atoms with Gasteiger partial charge in [-0.3, -0.25) is 0 Å². The average Bonchev–Trinajstić information content (AvgIpc) is 3.09. The molecule has 1 aromatic rings. The minimum Gasteiger partial charge on any atom is -0.0747 e. The molecule has 2 saturated carbocycles. The van der Waals surface area contributed by atoms with Crippen LogP contribution in [-0.2, 0) is 0 Å². The highest BCUT2D eigenvalue weighted by Crippen LogP contribution is 2.48. The number of hydrogen-bond acceptors (Lipinski definition) is 0. The van der Waals surface area contributed by atoms with E-state index in [2.05, 4.69) is 44.2 Å². The van der Waals surface area contributed by atoms with E-state index >= 15 is 0 Å². The summed E-state index contributed by atoms with van der Waals surface area (Å²) in [4.78, 5) is 0. The quantitative estimate of drug-likeness (QED) is 0.615. The second-order valence-corrected chi connectivity index (χ2v) is 9.90. The van der Waals surface area contributed by atoms with Crippen LogP contribution >= 0.6 is 7.92 Å². The molecular formula is C20H31P. The van der Waals surface area contributed by atoms with E-state index in [4.69, 9.17) is 0 Å². The van der Waals surface area contributed by atoms with Crippen molar-refractivity contribution in [2.75, 3.05) is 12.3 Å². The van der Waals surface area contributed by atoms with Crippen molar-refractivity contribution in [2.45, 2.75) is 52.4 Å². The van der Waals surface area contributed by atoms with Gasteiger partial charge in [0.05, 0.1) is 0 Å². The zero-order valence-electron chi connectivity index (χ0n) is 13.8. The molecule has 0 spiro atoms. The molecule has 4 atom stereocenters. The Morgan fingerprint density at radius 2 is 1.33 bits per heavy atom. The van der Waals surface area contributed by atoms with E-state index in [9.17, 15) is 0 Å². The SMILES string of the molecule is C[C@H]1CCCC1CP(CC1CCC[C@@H]1C)c1ccccc1. The lowest BCUT2D eigenvalue weighted by atomic mass is 10.0. The Morgan fingerprint density at radius 1 is 0.810 bits per heavy atom. The average molecular weight is 302 g/mol. The molecule has 0 saturated heterocycles. The van der Waals surface area contributed by atoms with Gasteiger partial charge >= 0.3 is 0 Å². The molecule has 2 fully saturated rings. The van der Waals surface area contributed by atoms with Gasteiger partial charge in [-0.2, -0.15) is 0 Å². The minimum absolute atomic E-state index is 0.0689. The summed E-state index contributed by atoms with van der Waals surface area (Å²) in [6, 6.07) is 11.5. The summed E-state index contributed by atoms with van der Waals surface area (Å²) in [5, 5.41) is 1.67. The fourth-order valence-corrected chi connectivity index (χ4v) is 7.86. The first-order valence-corrected chi connectivity index (χ1v) is 10.7. The van der Waals surface area contributed by atoms with Crippen LogP contribution in [0.2, 0.25) is 0 Å². The molecule has 1 aromatic carbocycles. The highest BCUT2D eigenvalue weighted by atomic mass is 31.1. The van der Waals surface area contributed by atoms with Crippen molar-refractivity contribution in [3.63, 3.8) is 0 Å². The van der Waals surface area contributed by atoms with E-state index in [0.29, 0.717) is 0 Å². The van der Waals surface area contributed by atoms with Gasteiger partial charge in [0, 0.05) is 0 Å². The van der Waals surface area contributed by atoms with E-state index in [1.165, 1.54) is 50.8 Å². The Bertz CT molecular complexity index is 405. The number of benzene rings is 1. The maximum atomic E-state index is 2.49. The van der Waals surface area contributed by atoms with Crippen molar-refractivity contribution in [2.24, 2.45) is 23.7 Å². The van der Waals surface area contributed by atoms with Gasteiger partial charge in [-0.15, -0.1) is 0 Å². The van der Waals surface area contributed by atoms with Gasteiger partial charge in [0.25, 0.3) is 0 Å². The van der Waals surface area contributed by atoms with Crippen molar-refractivity contribution in [3.8, 4) is 0 Å². The predicted octanol–water partition coefficient (Wildman–Crippen LogP) is 5.67. The van der Waals surface area contributed by atoms with Gasteiger partial charge in [-0.05, 0) is 54.1 Å². The van der Waals surface area contributed by atoms with Crippen molar-refractivity contribution in [1.82, 2.24) is 0 Å². The Morgan fingerprint density at radius 3 is 1.76 bits per heavy atom. The van der Waals surface area contributed by atoms with E-state index in [1.807, 2.05) is 0 Å². The van der Waals surface area contributed by atoms with Crippen LogP contribution in [0.25, 0.3) is 0 Å². The van der Waals surface area contributed by atoms with E-state index in [-0.39, 0.29) is 7.92 Å². The molecule has 0 radical (unpaired) electrons. The maximum absolute atomic E-state index is 2.49. The largest absolute Gasteiger partial charge is 0.0747 e. The second-order valence-electron chi connectivity index (χ2n) is 7.58. The molecule has 2 aliphatic rings. The van der Waals surface area contributed by atoms with Crippen LogP contribution in [0, 0.1) is 23.7 Å². The van der Waals surface area contributed by atoms with Crippen molar-refractivity contribution >= 4 is 13.2 Å². The van der Waals surface area contributed by atoms with Crippen molar-refractivity contribution in [3.05, 3.63) is 30.3 Å². The third-order valence-corrected chi connectivity index (χ3v) is 8.96. The van der Waals surface area contributed by atoms with E-state index in [0.717, 1.165) is 23.7 Å². The van der Waals surface area contributed by atoms with Crippen LogP contribution in [-0.4, -0.2) is 12.3 Å². The summed E-state index contributed by atoms with van der Waals surface area (Å²) >= 11 is 0. The lowest BCUT2D eigenvalue weighted by molar-refractivity contribution is 0.451. The molecule has 0 N–H and O–H groups in total. The first-order chi connectivity index (χ1) is 10.2. The lowest BCUT2D eigenvalue weighted by Crippen LogP contribution is -2.19. The highest BCUT2D eigenvalue weighted by molar-refractivity contribution is 7.65. The molecule has 116 valence electrons. The molecular weight excluding hydrogens is 271 g/mol. The third kappa shape index (κ3) is 3.89. The molecule has 0 amide bonds. The van der Waals surface area contributed by atoms with E-state index < -0.39 is 0 Å². The van der Waals surface area contributed by atoms with Crippen molar-refractivity contribution in [1.29, 1.82) is 0 Å². The number of hydrogen-bond donors (Lipinski definition) is 0. The molecule has 3 rings (SSSR count). The lowest BCUT2D eigenvalue weighted by Gasteiger charge is -2.28. The van der Waals surface area contributed by atoms with Gasteiger partial charge in [-0.1, -0.05) is 77.8 Å². The number of rotatable bonds is 5. The van der Waals surface area contributed by atoms with Gasteiger partial charge in [0.15, 0.2) is 0 Å². The Balaban J connectivity index is 1.71. The maximum Gasteiger partial charge on any atom is -0.0240 e. The zero-order chi connectivity index (χ0) is 14.7. The molecule has 1 heteroatoms. The monoisotopic (exact) mass is 302 g/mol. The van der Waals surface area contributed by atoms with Crippen LogP contribution in [0.3, 0.4) is 0 Å². The second kappa shape index (κ2) is 7.28. The normalized spacial score (nSPS) is 34.2. The molecule has 0 heterocycles. The standard InChI is InChI=1S/C20H31P/c1-16-8-6-10-18(16)14-21(20-12-4-3-5-13-20)15-19-11-7-9-17(19)2/h3-5,12-13,16-19H,6-11,14-15H2,1-2H3/t16-,17-,18?,19?,21?/m0/s1. The molecule has 0 bridgehead atoms. The molecule has 21 heavy (non-hydrogen) atoms. The Hall–Kier alpha value is -0.350. The molecule has 0 nitrogen and oxygen atoms in total. The molecule has 0 aromatic heterocycles. The fourth-order valence-electron chi connectivity index (χ4n) is 4.48. The summed E-state index contributed by atoms with van der Waals surface area (Å²) in [7, 11) is 0.0689. The van der Waals surface area contributed by atoms with Gasteiger partial charge < -0.3 is 0 Å².